The van der Waals surface area contributed by atoms with E-state index in [0.717, 1.165) is 31.6 Å². The predicted molar refractivity (Wildman–Crippen MR) is 76.9 cm³/mol. The van der Waals surface area contributed by atoms with Crippen molar-refractivity contribution in [2.45, 2.75) is 26.3 Å². The molecule has 1 fully saturated rings. The molecule has 0 amide bonds. The third kappa shape index (κ3) is 4.27. The molecule has 0 aromatic carbocycles. The Labute approximate surface area is 129 Å². The molecule has 8 nitrogen and oxygen atoms in total. The van der Waals surface area contributed by atoms with Crippen molar-refractivity contribution in [3.63, 3.8) is 0 Å². The second kappa shape index (κ2) is 8.11. The van der Waals surface area contributed by atoms with Crippen LogP contribution in [0.2, 0.25) is 0 Å². The molecule has 0 spiro atoms. The van der Waals surface area contributed by atoms with Gasteiger partial charge in [-0.25, -0.2) is 0 Å². The van der Waals surface area contributed by atoms with E-state index in [0.29, 0.717) is 25.7 Å². The fourth-order valence-electron chi connectivity index (χ4n) is 2.54. The van der Waals surface area contributed by atoms with Gasteiger partial charge in [-0.15, -0.1) is 10.2 Å². The summed E-state index contributed by atoms with van der Waals surface area (Å²) < 4.78 is 5.69. The maximum absolute atomic E-state index is 8.96. The lowest BCUT2D eigenvalue weighted by atomic mass is 9.98. The zero-order valence-electron chi connectivity index (χ0n) is 12.6. The molecule has 1 aliphatic rings. The van der Waals surface area contributed by atoms with Crippen molar-refractivity contribution < 1.29 is 4.74 Å². The lowest BCUT2D eigenvalue weighted by Gasteiger charge is -2.34. The molecule has 8 heteroatoms. The van der Waals surface area contributed by atoms with Crippen LogP contribution in [0.3, 0.4) is 0 Å². The summed E-state index contributed by atoms with van der Waals surface area (Å²) in [5.74, 6) is 0.408. The SMILES string of the molecule is CC(=C(C#N)C#N)N1CCC[C@H](COCCn2ncnn2)C1. The van der Waals surface area contributed by atoms with E-state index in [1.807, 2.05) is 19.1 Å². The molecule has 0 bridgehead atoms. The van der Waals surface area contributed by atoms with Crippen LogP contribution >= 0.6 is 0 Å². The Balaban J connectivity index is 1.77. The zero-order valence-corrected chi connectivity index (χ0v) is 12.6. The van der Waals surface area contributed by atoms with Crippen LogP contribution in [0.25, 0.3) is 0 Å². The highest BCUT2D eigenvalue weighted by Gasteiger charge is 2.21. The van der Waals surface area contributed by atoms with Crippen molar-refractivity contribution in [1.29, 1.82) is 10.5 Å². The van der Waals surface area contributed by atoms with E-state index < -0.39 is 0 Å². The Morgan fingerprint density at radius 2 is 2.23 bits per heavy atom. The molecule has 1 aliphatic heterocycles. The van der Waals surface area contributed by atoms with Gasteiger partial charge in [-0.05, 0) is 30.9 Å². The summed E-state index contributed by atoms with van der Waals surface area (Å²) in [6.07, 6.45) is 3.54. The van der Waals surface area contributed by atoms with Crippen molar-refractivity contribution in [3.8, 4) is 12.1 Å². The quantitative estimate of drug-likeness (QED) is 0.563. The Bertz CT molecular complexity index is 565. The third-order valence-electron chi connectivity index (χ3n) is 3.76. The fraction of sp³-hybridized carbons (Fsp3) is 0.643. The van der Waals surface area contributed by atoms with Gasteiger partial charge in [0.25, 0.3) is 0 Å². The minimum absolute atomic E-state index is 0.193. The summed E-state index contributed by atoms with van der Waals surface area (Å²) in [6, 6.07) is 3.91. The number of allylic oxidation sites excluding steroid dienone is 2. The Hall–Kier alpha value is -2.45. The number of hydrogen-bond donors (Lipinski definition) is 0. The maximum Gasteiger partial charge on any atom is 0.162 e. The first-order chi connectivity index (χ1) is 10.7. The topological polar surface area (TPSA) is 104 Å². The number of likely N-dealkylation sites (tertiary alicyclic amines) is 1. The summed E-state index contributed by atoms with van der Waals surface area (Å²) >= 11 is 0. The average molecular weight is 301 g/mol. The van der Waals surface area contributed by atoms with E-state index >= 15 is 0 Å². The van der Waals surface area contributed by atoms with E-state index in [-0.39, 0.29) is 5.57 Å². The number of rotatable bonds is 6. The smallest absolute Gasteiger partial charge is 0.162 e. The summed E-state index contributed by atoms with van der Waals surface area (Å²) in [7, 11) is 0. The molecule has 2 heterocycles. The molecule has 0 unspecified atom stereocenters. The van der Waals surface area contributed by atoms with Crippen molar-refractivity contribution in [2.24, 2.45) is 5.92 Å². The first kappa shape index (κ1) is 15.9. The number of nitriles is 2. The van der Waals surface area contributed by atoms with Gasteiger partial charge in [0.1, 0.15) is 17.7 Å². The first-order valence-electron chi connectivity index (χ1n) is 7.29. The molecule has 1 aromatic heterocycles. The highest BCUT2D eigenvalue weighted by molar-refractivity contribution is 5.38. The monoisotopic (exact) mass is 301 g/mol. The molecule has 22 heavy (non-hydrogen) atoms. The molecule has 2 rings (SSSR count). The third-order valence-corrected chi connectivity index (χ3v) is 3.76. The number of hydrogen-bond acceptors (Lipinski definition) is 7. The Morgan fingerprint density at radius 3 is 2.91 bits per heavy atom. The molecule has 1 saturated heterocycles. The van der Waals surface area contributed by atoms with Gasteiger partial charge < -0.3 is 9.64 Å². The molecule has 1 aromatic rings. The van der Waals surface area contributed by atoms with E-state index in [4.69, 9.17) is 15.3 Å². The maximum atomic E-state index is 8.96. The first-order valence-corrected chi connectivity index (χ1v) is 7.29. The molecule has 0 aliphatic carbocycles. The highest BCUT2D eigenvalue weighted by atomic mass is 16.5. The minimum atomic E-state index is 0.193. The van der Waals surface area contributed by atoms with Gasteiger partial charge in [-0.1, -0.05) is 0 Å². The fourth-order valence-corrected chi connectivity index (χ4v) is 2.54. The number of nitrogens with zero attached hydrogens (tertiary/aromatic N) is 7. The van der Waals surface area contributed by atoms with Gasteiger partial charge in [0, 0.05) is 18.8 Å². The number of tetrazole rings is 1. The van der Waals surface area contributed by atoms with E-state index in [2.05, 4.69) is 20.3 Å². The van der Waals surface area contributed by atoms with Gasteiger partial charge in [0.15, 0.2) is 6.33 Å². The minimum Gasteiger partial charge on any atom is -0.379 e. The molecule has 0 N–H and O–H groups in total. The van der Waals surface area contributed by atoms with Crippen LogP contribution in [0.1, 0.15) is 19.8 Å². The largest absolute Gasteiger partial charge is 0.379 e. The summed E-state index contributed by atoms with van der Waals surface area (Å²) in [6.45, 7) is 5.33. The predicted octanol–water partition coefficient (Wildman–Crippen LogP) is 0.723. The van der Waals surface area contributed by atoms with Gasteiger partial charge in [0.05, 0.1) is 19.8 Å². The lowest BCUT2D eigenvalue weighted by Crippen LogP contribution is -2.36. The van der Waals surface area contributed by atoms with Crippen LogP contribution < -0.4 is 0 Å². The Morgan fingerprint density at radius 1 is 1.41 bits per heavy atom. The standard InChI is InChI=1S/C14H19N7O/c1-12(14(7-15)8-16)20-4-2-3-13(9-20)10-22-6-5-21-18-11-17-19-21/h11,13H,2-6,9-10H2,1H3/t13-/m0/s1. The summed E-state index contributed by atoms with van der Waals surface area (Å²) in [4.78, 5) is 3.60. The number of aromatic nitrogens is 4. The van der Waals surface area contributed by atoms with Gasteiger partial charge >= 0.3 is 0 Å². The number of ether oxygens (including phenoxy) is 1. The van der Waals surface area contributed by atoms with Crippen LogP contribution in [-0.4, -0.2) is 51.4 Å². The Kier molecular flexibility index (Phi) is 5.87. The zero-order chi connectivity index (χ0) is 15.8. The van der Waals surface area contributed by atoms with Crippen LogP contribution in [0.15, 0.2) is 17.6 Å². The van der Waals surface area contributed by atoms with Crippen LogP contribution in [0.4, 0.5) is 0 Å². The molecule has 1 atom stereocenters. The molecular weight excluding hydrogens is 282 g/mol. The van der Waals surface area contributed by atoms with Crippen LogP contribution in [0.5, 0.6) is 0 Å². The van der Waals surface area contributed by atoms with E-state index in [9.17, 15) is 0 Å². The van der Waals surface area contributed by atoms with E-state index in [1.165, 1.54) is 11.1 Å². The number of piperidine rings is 1. The van der Waals surface area contributed by atoms with Crippen molar-refractivity contribution in [2.75, 3.05) is 26.3 Å². The molecular formula is C14H19N7O. The molecule has 0 radical (unpaired) electrons. The normalized spacial score (nSPS) is 17.6. The van der Waals surface area contributed by atoms with Crippen LogP contribution in [0, 0.1) is 28.6 Å². The molecule has 116 valence electrons. The van der Waals surface area contributed by atoms with Gasteiger partial charge in [-0.2, -0.15) is 15.3 Å². The second-order valence-electron chi connectivity index (χ2n) is 5.24. The van der Waals surface area contributed by atoms with Crippen molar-refractivity contribution in [3.05, 3.63) is 17.6 Å². The molecule has 0 saturated carbocycles. The summed E-state index contributed by atoms with van der Waals surface area (Å²) in [5.41, 5.74) is 0.959. The van der Waals surface area contributed by atoms with Gasteiger partial charge in [-0.3, -0.25) is 0 Å². The van der Waals surface area contributed by atoms with E-state index in [1.54, 1.807) is 0 Å². The van der Waals surface area contributed by atoms with Crippen molar-refractivity contribution in [1.82, 2.24) is 25.1 Å². The van der Waals surface area contributed by atoms with Crippen molar-refractivity contribution >= 4 is 0 Å². The average Bonchev–Trinajstić information content (AvgIpc) is 3.06. The van der Waals surface area contributed by atoms with Crippen LogP contribution in [-0.2, 0) is 11.3 Å². The summed E-state index contributed by atoms with van der Waals surface area (Å²) in [5, 5.41) is 29.2. The second-order valence-corrected chi connectivity index (χ2v) is 5.24. The van der Waals surface area contributed by atoms with Gasteiger partial charge in [0.2, 0.25) is 0 Å². The highest BCUT2D eigenvalue weighted by Crippen LogP contribution is 2.21. The lowest BCUT2D eigenvalue weighted by molar-refractivity contribution is 0.0617.